The number of nitrogens with zero attached hydrogens (tertiary/aromatic N) is 5. The predicted octanol–water partition coefficient (Wildman–Crippen LogP) is 5.00. The Kier molecular flexibility index (Phi) is 5.55. The molecule has 0 saturated carbocycles. The van der Waals surface area contributed by atoms with Crippen LogP contribution in [0.1, 0.15) is 27.4 Å². The third-order valence-electron chi connectivity index (χ3n) is 4.44. The van der Waals surface area contributed by atoms with Crippen LogP contribution in [-0.2, 0) is 12.7 Å². The summed E-state index contributed by atoms with van der Waals surface area (Å²) in [4.78, 5) is 16.6. The molecule has 1 N–H and O–H groups in total. The Morgan fingerprint density at radius 2 is 2.00 bits per heavy atom. The number of anilines is 1. The van der Waals surface area contributed by atoms with Crippen molar-refractivity contribution >= 4 is 40.4 Å². The molecule has 0 radical (unpaired) electrons. The van der Waals surface area contributed by atoms with Gasteiger partial charge in [-0.15, -0.1) is 0 Å². The normalized spacial score (nSPS) is 11.8. The van der Waals surface area contributed by atoms with E-state index in [1.807, 2.05) is 0 Å². The number of carbonyl (C=O) groups is 1. The second-order valence-corrected chi connectivity index (χ2v) is 7.54. The van der Waals surface area contributed by atoms with Gasteiger partial charge in [-0.25, -0.2) is 13.9 Å². The zero-order valence-corrected chi connectivity index (χ0v) is 17.6. The molecule has 0 unspecified atom stereocenters. The summed E-state index contributed by atoms with van der Waals surface area (Å²) >= 11 is 12.1. The van der Waals surface area contributed by atoms with Gasteiger partial charge in [0.2, 0.25) is 0 Å². The van der Waals surface area contributed by atoms with Crippen LogP contribution in [0.5, 0.6) is 0 Å². The van der Waals surface area contributed by atoms with Crippen molar-refractivity contribution in [3.8, 4) is 0 Å². The van der Waals surface area contributed by atoms with E-state index < -0.39 is 29.3 Å². The Labute approximate surface area is 187 Å². The van der Waals surface area contributed by atoms with Crippen LogP contribution in [0, 0.1) is 12.7 Å². The van der Waals surface area contributed by atoms with Gasteiger partial charge in [0.25, 0.3) is 5.91 Å². The molecule has 4 rings (SSSR count). The summed E-state index contributed by atoms with van der Waals surface area (Å²) in [5.41, 5.74) is -1.40. The molecule has 7 nitrogen and oxygen atoms in total. The molecule has 0 aliphatic heterocycles. The molecule has 0 bridgehead atoms. The van der Waals surface area contributed by atoms with Gasteiger partial charge in [-0.2, -0.15) is 23.4 Å². The molecular formula is C19H12Cl2F4N6O. The van der Waals surface area contributed by atoms with E-state index in [1.54, 1.807) is 0 Å². The molecule has 166 valence electrons. The Hall–Kier alpha value is -3.18. The van der Waals surface area contributed by atoms with Crippen molar-refractivity contribution in [2.75, 3.05) is 5.32 Å². The minimum atomic E-state index is -4.73. The van der Waals surface area contributed by atoms with Gasteiger partial charge in [-0.1, -0.05) is 29.3 Å². The number of hydrogen-bond acceptors (Lipinski definition) is 4. The predicted molar refractivity (Wildman–Crippen MR) is 108 cm³/mol. The summed E-state index contributed by atoms with van der Waals surface area (Å²) < 4.78 is 55.8. The largest absolute Gasteiger partial charge is 0.433 e. The van der Waals surface area contributed by atoms with E-state index in [4.69, 9.17) is 23.2 Å². The molecule has 0 spiro atoms. The highest BCUT2D eigenvalue weighted by molar-refractivity contribution is 6.37. The van der Waals surface area contributed by atoms with Crippen LogP contribution in [0.25, 0.3) is 5.65 Å². The van der Waals surface area contributed by atoms with Crippen molar-refractivity contribution < 1.29 is 22.4 Å². The van der Waals surface area contributed by atoms with Crippen LogP contribution in [0.2, 0.25) is 10.0 Å². The molecular weight excluding hydrogens is 475 g/mol. The topological polar surface area (TPSA) is 77.1 Å². The van der Waals surface area contributed by atoms with Crippen molar-refractivity contribution in [3.63, 3.8) is 0 Å². The van der Waals surface area contributed by atoms with Gasteiger partial charge >= 0.3 is 6.18 Å². The fourth-order valence-corrected chi connectivity index (χ4v) is 3.48. The highest BCUT2D eigenvalue weighted by Gasteiger charge is 2.36. The van der Waals surface area contributed by atoms with Gasteiger partial charge in [0, 0.05) is 22.5 Å². The summed E-state index contributed by atoms with van der Waals surface area (Å²) in [5.74, 6) is -1.38. The van der Waals surface area contributed by atoms with Crippen LogP contribution in [-0.4, -0.2) is 30.3 Å². The maximum absolute atomic E-state index is 14.0. The quantitative estimate of drug-likeness (QED) is 0.411. The van der Waals surface area contributed by atoms with E-state index >= 15 is 0 Å². The standard InChI is InChI=1S/C19H12Cl2F4N6O/c1-9-5-14(19(23,24)25)31-17(27-9)15(21)16(29-31)18(32)28-10-6-26-30(7-10)8-11-12(20)3-2-4-13(11)22/h2-7H,8H2,1H3,(H,28,32). The average Bonchev–Trinajstić information content (AvgIpc) is 3.28. The smallest absolute Gasteiger partial charge is 0.318 e. The van der Waals surface area contributed by atoms with Crippen LogP contribution in [0.15, 0.2) is 36.7 Å². The molecule has 4 aromatic rings. The van der Waals surface area contributed by atoms with E-state index in [1.165, 1.54) is 42.2 Å². The lowest BCUT2D eigenvalue weighted by Crippen LogP contribution is -2.15. The first-order valence-corrected chi connectivity index (χ1v) is 9.70. The molecule has 3 heterocycles. The number of fused-ring (bicyclic) bond motifs is 1. The third kappa shape index (κ3) is 4.13. The maximum Gasteiger partial charge on any atom is 0.433 e. The zero-order chi connectivity index (χ0) is 23.2. The van der Waals surface area contributed by atoms with Gasteiger partial charge < -0.3 is 5.32 Å². The minimum absolute atomic E-state index is 0.00532. The van der Waals surface area contributed by atoms with Crippen LogP contribution >= 0.6 is 23.2 Å². The van der Waals surface area contributed by atoms with E-state index in [9.17, 15) is 22.4 Å². The number of carbonyl (C=O) groups excluding carboxylic acids is 1. The summed E-state index contributed by atoms with van der Waals surface area (Å²) in [5, 5.41) is 10.1. The highest BCUT2D eigenvalue weighted by atomic mass is 35.5. The van der Waals surface area contributed by atoms with Crippen molar-refractivity contribution in [2.24, 2.45) is 0 Å². The number of aryl methyl sites for hydroxylation is 1. The summed E-state index contributed by atoms with van der Waals surface area (Å²) in [6, 6.07) is 5.05. The van der Waals surface area contributed by atoms with Gasteiger partial charge in [0.05, 0.1) is 18.4 Å². The molecule has 0 atom stereocenters. The number of halogens is 6. The van der Waals surface area contributed by atoms with Gasteiger partial charge in [-0.3, -0.25) is 9.48 Å². The first kappa shape index (κ1) is 22.0. The maximum atomic E-state index is 14.0. The number of rotatable bonds is 4. The van der Waals surface area contributed by atoms with Gasteiger partial charge in [0.1, 0.15) is 16.5 Å². The first-order chi connectivity index (χ1) is 15.0. The molecule has 0 saturated heterocycles. The molecule has 1 aromatic carbocycles. The van der Waals surface area contributed by atoms with E-state index in [-0.39, 0.29) is 39.2 Å². The Bertz CT molecular complexity index is 1330. The lowest BCUT2D eigenvalue weighted by atomic mass is 10.2. The number of benzene rings is 1. The number of aromatic nitrogens is 5. The molecule has 0 aliphatic rings. The molecule has 0 aliphatic carbocycles. The summed E-state index contributed by atoms with van der Waals surface area (Å²) in [6.45, 7) is 1.36. The van der Waals surface area contributed by atoms with Crippen molar-refractivity contribution in [2.45, 2.75) is 19.6 Å². The second kappa shape index (κ2) is 8.06. The molecule has 0 fully saturated rings. The highest BCUT2D eigenvalue weighted by Crippen LogP contribution is 2.32. The van der Waals surface area contributed by atoms with Crippen LogP contribution in [0.3, 0.4) is 0 Å². The second-order valence-electron chi connectivity index (χ2n) is 6.76. The molecule has 3 aromatic heterocycles. The SMILES string of the molecule is Cc1cc(C(F)(F)F)n2nc(C(=O)Nc3cnn(Cc4c(F)cccc4Cl)c3)c(Cl)c2n1. The fraction of sp³-hybridized carbons (Fsp3) is 0.158. The van der Waals surface area contributed by atoms with Crippen LogP contribution in [0.4, 0.5) is 23.2 Å². The number of alkyl halides is 3. The minimum Gasteiger partial charge on any atom is -0.318 e. The van der Waals surface area contributed by atoms with Gasteiger partial charge in [0.15, 0.2) is 11.3 Å². The third-order valence-corrected chi connectivity index (χ3v) is 5.14. The number of amides is 1. The summed E-state index contributed by atoms with van der Waals surface area (Å²) in [7, 11) is 0. The van der Waals surface area contributed by atoms with E-state index in [0.29, 0.717) is 4.52 Å². The van der Waals surface area contributed by atoms with E-state index in [0.717, 1.165) is 6.07 Å². The Morgan fingerprint density at radius 1 is 1.25 bits per heavy atom. The molecule has 1 amide bonds. The van der Waals surface area contributed by atoms with Crippen molar-refractivity contribution in [1.29, 1.82) is 0 Å². The lowest BCUT2D eigenvalue weighted by Gasteiger charge is -2.09. The molecule has 13 heteroatoms. The number of nitrogens with one attached hydrogen (secondary N) is 1. The monoisotopic (exact) mass is 486 g/mol. The molecule has 32 heavy (non-hydrogen) atoms. The van der Waals surface area contributed by atoms with Crippen molar-refractivity contribution in [1.82, 2.24) is 24.4 Å². The Balaban J connectivity index is 1.61. The average molecular weight is 487 g/mol. The van der Waals surface area contributed by atoms with Gasteiger partial charge in [-0.05, 0) is 25.1 Å². The Morgan fingerprint density at radius 3 is 2.69 bits per heavy atom. The van der Waals surface area contributed by atoms with Crippen LogP contribution < -0.4 is 5.32 Å². The summed E-state index contributed by atoms with van der Waals surface area (Å²) in [6.07, 6.45) is -2.06. The zero-order valence-electron chi connectivity index (χ0n) is 16.1. The van der Waals surface area contributed by atoms with Crippen molar-refractivity contribution in [3.05, 3.63) is 75.2 Å². The first-order valence-electron chi connectivity index (χ1n) is 8.94. The fourth-order valence-electron chi connectivity index (χ4n) is 3.01. The lowest BCUT2D eigenvalue weighted by molar-refractivity contribution is -0.142. The number of hydrogen-bond donors (Lipinski definition) is 1. The van der Waals surface area contributed by atoms with E-state index in [2.05, 4.69) is 20.5 Å².